The fourth-order valence-corrected chi connectivity index (χ4v) is 2.73. The van der Waals surface area contributed by atoms with Crippen LogP contribution in [0.1, 0.15) is 15.9 Å². The lowest BCUT2D eigenvalue weighted by Crippen LogP contribution is -2.26. The van der Waals surface area contributed by atoms with Crippen LogP contribution >= 0.6 is 23.4 Å². The van der Waals surface area contributed by atoms with Crippen molar-refractivity contribution in [2.24, 2.45) is 0 Å². The molecule has 1 N–H and O–H groups in total. The van der Waals surface area contributed by atoms with E-state index in [4.69, 9.17) is 11.6 Å². The van der Waals surface area contributed by atoms with Crippen molar-refractivity contribution in [1.29, 1.82) is 0 Å². The van der Waals surface area contributed by atoms with Gasteiger partial charge in [-0.1, -0.05) is 29.8 Å². The molecule has 21 heavy (non-hydrogen) atoms. The number of aromatic nitrogens is 1. The molecule has 0 unspecified atom stereocenters. The predicted octanol–water partition coefficient (Wildman–Crippen LogP) is 3.54. The van der Waals surface area contributed by atoms with E-state index in [1.807, 2.05) is 6.07 Å². The molecule has 0 aliphatic carbocycles. The molecular weight excluding hydrogens is 311 g/mol. The third-order valence-electron chi connectivity index (χ3n) is 2.75. The number of halogens is 2. The lowest BCUT2D eigenvalue weighted by molar-refractivity contribution is 0.0956. The molecule has 0 fully saturated rings. The van der Waals surface area contributed by atoms with Gasteiger partial charge in [0, 0.05) is 24.2 Å². The first-order chi connectivity index (χ1) is 10.2. The number of rotatable bonds is 6. The lowest BCUT2D eigenvalue weighted by Gasteiger charge is -2.06. The summed E-state index contributed by atoms with van der Waals surface area (Å²) in [6.45, 7) is 0.489. The molecule has 0 radical (unpaired) electrons. The molecule has 0 bridgehead atoms. The van der Waals surface area contributed by atoms with Crippen molar-refractivity contribution < 1.29 is 9.18 Å². The van der Waals surface area contributed by atoms with Gasteiger partial charge >= 0.3 is 0 Å². The van der Waals surface area contributed by atoms with Crippen LogP contribution in [0.2, 0.25) is 5.15 Å². The summed E-state index contributed by atoms with van der Waals surface area (Å²) in [5.41, 5.74) is 1.03. The maximum absolute atomic E-state index is 13.4. The third kappa shape index (κ3) is 4.72. The van der Waals surface area contributed by atoms with Crippen LogP contribution in [0.15, 0.2) is 42.6 Å². The van der Waals surface area contributed by atoms with E-state index in [0.717, 1.165) is 0 Å². The van der Waals surface area contributed by atoms with Crippen LogP contribution in [0.4, 0.5) is 4.39 Å². The minimum Gasteiger partial charge on any atom is -0.351 e. The number of thioether (sulfide) groups is 1. The first-order valence-electron chi connectivity index (χ1n) is 6.38. The quantitative estimate of drug-likeness (QED) is 0.653. The van der Waals surface area contributed by atoms with Crippen molar-refractivity contribution >= 4 is 29.3 Å². The van der Waals surface area contributed by atoms with Gasteiger partial charge < -0.3 is 5.32 Å². The Balaban J connectivity index is 1.72. The molecule has 0 aliphatic rings. The first-order valence-corrected chi connectivity index (χ1v) is 7.91. The Hall–Kier alpha value is -1.59. The van der Waals surface area contributed by atoms with E-state index < -0.39 is 0 Å². The average molecular weight is 325 g/mol. The number of nitrogens with one attached hydrogen (secondary N) is 1. The number of hydrogen-bond donors (Lipinski definition) is 1. The monoisotopic (exact) mass is 324 g/mol. The van der Waals surface area contributed by atoms with E-state index >= 15 is 0 Å². The van der Waals surface area contributed by atoms with Gasteiger partial charge in [0.1, 0.15) is 11.0 Å². The van der Waals surface area contributed by atoms with Crippen LogP contribution in [0, 0.1) is 5.82 Å². The number of nitrogens with zero attached hydrogens (tertiary/aromatic N) is 1. The van der Waals surface area contributed by atoms with E-state index in [-0.39, 0.29) is 16.9 Å². The van der Waals surface area contributed by atoms with Crippen molar-refractivity contribution in [2.45, 2.75) is 5.75 Å². The fourth-order valence-electron chi connectivity index (χ4n) is 1.68. The average Bonchev–Trinajstić information content (AvgIpc) is 2.49. The molecule has 0 spiro atoms. The Kier molecular flexibility index (Phi) is 6.02. The van der Waals surface area contributed by atoms with Gasteiger partial charge in [0.05, 0.1) is 5.56 Å². The van der Waals surface area contributed by atoms with Crippen molar-refractivity contribution in [1.82, 2.24) is 10.3 Å². The van der Waals surface area contributed by atoms with Gasteiger partial charge in [0.15, 0.2) is 0 Å². The summed E-state index contributed by atoms with van der Waals surface area (Å²) in [4.78, 5) is 15.7. The molecule has 0 saturated carbocycles. The van der Waals surface area contributed by atoms with Crippen LogP contribution < -0.4 is 5.32 Å². The van der Waals surface area contributed by atoms with Gasteiger partial charge in [0.2, 0.25) is 0 Å². The Morgan fingerprint density at radius 1 is 1.29 bits per heavy atom. The van der Waals surface area contributed by atoms with Crippen LogP contribution in [0.5, 0.6) is 0 Å². The van der Waals surface area contributed by atoms with Crippen LogP contribution in [-0.4, -0.2) is 23.2 Å². The standard InChI is InChI=1S/C15H14ClFN2OS/c16-14-12(5-3-7-18-14)15(20)19-8-9-21-10-11-4-1-2-6-13(11)17/h1-7H,8-10H2,(H,19,20). The molecule has 1 aromatic carbocycles. The smallest absolute Gasteiger partial charge is 0.254 e. The molecule has 1 aromatic heterocycles. The van der Waals surface area contributed by atoms with Crippen LogP contribution in [0.3, 0.4) is 0 Å². The van der Waals surface area contributed by atoms with Crippen LogP contribution in [0.25, 0.3) is 0 Å². The van der Waals surface area contributed by atoms with Gasteiger partial charge in [-0.3, -0.25) is 4.79 Å². The zero-order valence-corrected chi connectivity index (χ0v) is 12.8. The molecule has 1 amide bonds. The van der Waals surface area contributed by atoms with E-state index in [9.17, 15) is 9.18 Å². The second-order valence-corrected chi connectivity index (χ2v) is 5.70. The van der Waals surface area contributed by atoms with Gasteiger partial charge in [-0.15, -0.1) is 0 Å². The highest BCUT2D eigenvalue weighted by atomic mass is 35.5. The molecule has 0 aliphatic heterocycles. The number of hydrogen-bond acceptors (Lipinski definition) is 3. The SMILES string of the molecule is O=C(NCCSCc1ccccc1F)c1cccnc1Cl. The molecule has 0 atom stereocenters. The van der Waals surface area contributed by atoms with Gasteiger partial charge in [-0.05, 0) is 23.8 Å². The van der Waals surface area contributed by atoms with E-state index in [1.54, 1.807) is 36.0 Å². The summed E-state index contributed by atoms with van der Waals surface area (Å²) in [5.74, 6) is 0.824. The minimum atomic E-state index is -0.250. The van der Waals surface area contributed by atoms with Crippen molar-refractivity contribution in [3.05, 3.63) is 64.7 Å². The highest BCUT2D eigenvalue weighted by molar-refractivity contribution is 7.98. The Morgan fingerprint density at radius 2 is 2.10 bits per heavy atom. The third-order valence-corrected chi connectivity index (χ3v) is 4.06. The van der Waals surface area contributed by atoms with Gasteiger partial charge in [-0.2, -0.15) is 11.8 Å². The van der Waals surface area contributed by atoms with Crippen molar-refractivity contribution in [2.75, 3.05) is 12.3 Å². The predicted molar refractivity (Wildman–Crippen MR) is 84.1 cm³/mol. The summed E-state index contributed by atoms with van der Waals surface area (Å²) in [6, 6.07) is 9.97. The Morgan fingerprint density at radius 3 is 2.86 bits per heavy atom. The number of pyridine rings is 1. The van der Waals surface area contributed by atoms with Gasteiger partial charge in [-0.25, -0.2) is 9.37 Å². The molecule has 2 aromatic rings. The number of amides is 1. The van der Waals surface area contributed by atoms with E-state index in [0.29, 0.717) is 29.2 Å². The second-order valence-electron chi connectivity index (χ2n) is 4.24. The van der Waals surface area contributed by atoms with Gasteiger partial charge in [0.25, 0.3) is 5.91 Å². The number of benzene rings is 1. The molecule has 2 rings (SSSR count). The molecule has 0 saturated heterocycles. The van der Waals surface area contributed by atoms with Crippen molar-refractivity contribution in [3.8, 4) is 0 Å². The highest BCUT2D eigenvalue weighted by Gasteiger charge is 2.09. The molecule has 110 valence electrons. The Bertz CT molecular complexity index is 624. The number of carbonyl (C=O) groups excluding carboxylic acids is 1. The summed E-state index contributed by atoms with van der Waals surface area (Å²) in [7, 11) is 0. The zero-order valence-electron chi connectivity index (χ0n) is 11.2. The number of carbonyl (C=O) groups is 1. The maximum Gasteiger partial charge on any atom is 0.254 e. The molecule has 6 heteroatoms. The summed E-state index contributed by atoms with van der Waals surface area (Å²) in [6.07, 6.45) is 1.53. The van der Waals surface area contributed by atoms with E-state index in [1.165, 1.54) is 12.3 Å². The second kappa shape index (κ2) is 8.00. The lowest BCUT2D eigenvalue weighted by atomic mass is 10.2. The zero-order chi connectivity index (χ0) is 15.1. The summed E-state index contributed by atoms with van der Waals surface area (Å²) in [5, 5.41) is 2.95. The van der Waals surface area contributed by atoms with E-state index in [2.05, 4.69) is 10.3 Å². The summed E-state index contributed by atoms with van der Waals surface area (Å²) < 4.78 is 13.4. The first kappa shape index (κ1) is 15.8. The largest absolute Gasteiger partial charge is 0.351 e. The molecular formula is C15H14ClFN2OS. The fraction of sp³-hybridized carbons (Fsp3) is 0.200. The Labute approximate surface area is 131 Å². The minimum absolute atomic E-state index is 0.189. The maximum atomic E-state index is 13.4. The van der Waals surface area contributed by atoms with Crippen molar-refractivity contribution in [3.63, 3.8) is 0 Å². The van der Waals surface area contributed by atoms with Crippen LogP contribution in [-0.2, 0) is 5.75 Å². The topological polar surface area (TPSA) is 42.0 Å². The molecule has 1 heterocycles. The molecule has 3 nitrogen and oxygen atoms in total. The highest BCUT2D eigenvalue weighted by Crippen LogP contribution is 2.15. The summed E-state index contributed by atoms with van der Waals surface area (Å²) >= 11 is 7.40. The normalized spacial score (nSPS) is 10.4.